The summed E-state index contributed by atoms with van der Waals surface area (Å²) in [6, 6.07) is 10.4. The lowest BCUT2D eigenvalue weighted by atomic mass is 9.93. The Morgan fingerprint density at radius 2 is 1.90 bits per heavy atom. The number of hydrogen-bond acceptors (Lipinski definition) is 5. The molecule has 0 aliphatic heterocycles. The Hall–Kier alpha value is -3.81. The molecule has 0 atom stereocenters. The molecule has 2 N–H and O–H groups in total. The Bertz CT molecular complexity index is 1120. The van der Waals surface area contributed by atoms with E-state index in [1.165, 1.54) is 24.3 Å². The number of benzene rings is 1. The molecular weight excluding hydrogens is 387 g/mol. The lowest BCUT2D eigenvalue weighted by Crippen LogP contribution is -2.22. The van der Waals surface area contributed by atoms with E-state index >= 15 is 0 Å². The van der Waals surface area contributed by atoms with Crippen molar-refractivity contribution in [1.29, 1.82) is 0 Å². The molecule has 2 aromatic heterocycles. The zero-order valence-corrected chi connectivity index (χ0v) is 16.2. The largest absolute Gasteiger partial charge is 0.455 e. The van der Waals surface area contributed by atoms with Crippen LogP contribution in [0.5, 0.6) is 0 Å². The smallest absolute Gasteiger partial charge is 0.292 e. The van der Waals surface area contributed by atoms with E-state index in [0.717, 1.165) is 12.0 Å². The van der Waals surface area contributed by atoms with Gasteiger partial charge in [-0.1, -0.05) is 6.07 Å². The number of nitrogens with one attached hydrogen (secondary N) is 2. The third-order valence-electron chi connectivity index (χ3n) is 4.84. The number of amides is 2. The Labute approximate surface area is 172 Å². The number of furan rings is 1. The normalized spacial score (nSPS) is 14.3. The molecular formula is C22H19FN4O3. The van der Waals surface area contributed by atoms with Crippen molar-refractivity contribution >= 4 is 23.3 Å². The van der Waals surface area contributed by atoms with Crippen molar-refractivity contribution in [2.24, 2.45) is 5.10 Å². The van der Waals surface area contributed by atoms with Gasteiger partial charge in [-0.15, -0.1) is 0 Å². The first-order chi connectivity index (χ1) is 14.5. The number of anilines is 1. The highest BCUT2D eigenvalue weighted by molar-refractivity contribution is 6.09. The molecule has 2 heterocycles. The minimum Gasteiger partial charge on any atom is -0.455 e. The molecule has 0 saturated heterocycles. The van der Waals surface area contributed by atoms with Crippen LogP contribution >= 0.6 is 0 Å². The first-order valence-corrected chi connectivity index (χ1v) is 9.50. The molecule has 7 nitrogen and oxygen atoms in total. The van der Waals surface area contributed by atoms with Crippen LogP contribution in [-0.4, -0.2) is 22.5 Å². The summed E-state index contributed by atoms with van der Waals surface area (Å²) in [5, 5.41) is 6.98. The fourth-order valence-corrected chi connectivity index (χ4v) is 3.39. The Kier molecular flexibility index (Phi) is 5.38. The van der Waals surface area contributed by atoms with Crippen LogP contribution < -0.4 is 10.7 Å². The van der Waals surface area contributed by atoms with E-state index in [1.807, 2.05) is 0 Å². The summed E-state index contributed by atoms with van der Waals surface area (Å²) in [4.78, 5) is 29.0. The molecule has 0 spiro atoms. The Morgan fingerprint density at radius 1 is 1.10 bits per heavy atom. The van der Waals surface area contributed by atoms with Crippen LogP contribution in [0.3, 0.4) is 0 Å². The molecule has 152 valence electrons. The highest BCUT2D eigenvalue weighted by atomic mass is 19.1. The highest BCUT2D eigenvalue weighted by Gasteiger charge is 2.28. The second-order valence-corrected chi connectivity index (χ2v) is 6.88. The summed E-state index contributed by atoms with van der Waals surface area (Å²) in [5.41, 5.74) is 4.86. The van der Waals surface area contributed by atoms with Crippen LogP contribution in [0.1, 0.15) is 50.6 Å². The van der Waals surface area contributed by atoms with Crippen LogP contribution in [0.4, 0.5) is 10.2 Å². The number of aryl methyl sites for hydroxylation is 1. The van der Waals surface area contributed by atoms with Gasteiger partial charge in [-0.05, 0) is 56.2 Å². The average molecular weight is 406 g/mol. The van der Waals surface area contributed by atoms with Gasteiger partial charge in [-0.25, -0.2) is 14.8 Å². The molecule has 30 heavy (non-hydrogen) atoms. The Morgan fingerprint density at radius 3 is 2.63 bits per heavy atom. The second kappa shape index (κ2) is 8.28. The van der Waals surface area contributed by atoms with E-state index in [1.54, 1.807) is 31.3 Å². The maximum atomic E-state index is 13.0. The first kappa shape index (κ1) is 19.5. The van der Waals surface area contributed by atoms with Gasteiger partial charge in [0.05, 0.1) is 5.71 Å². The fraction of sp³-hybridized carbons (Fsp3) is 0.182. The van der Waals surface area contributed by atoms with Crippen molar-refractivity contribution in [2.45, 2.75) is 26.2 Å². The van der Waals surface area contributed by atoms with Crippen molar-refractivity contribution in [2.75, 3.05) is 5.32 Å². The lowest BCUT2D eigenvalue weighted by molar-refractivity contribution is 0.0953. The van der Waals surface area contributed by atoms with Gasteiger partial charge in [-0.2, -0.15) is 5.10 Å². The Balaban J connectivity index is 1.56. The van der Waals surface area contributed by atoms with E-state index in [2.05, 4.69) is 20.8 Å². The summed E-state index contributed by atoms with van der Waals surface area (Å²) in [5.74, 6) is 0.0426. The van der Waals surface area contributed by atoms with Gasteiger partial charge in [0.25, 0.3) is 11.8 Å². The van der Waals surface area contributed by atoms with Crippen LogP contribution in [0.25, 0.3) is 0 Å². The predicted octanol–water partition coefficient (Wildman–Crippen LogP) is 3.84. The number of aromatic nitrogens is 1. The number of hydrazone groups is 1. The van der Waals surface area contributed by atoms with Crippen molar-refractivity contribution in [3.8, 4) is 0 Å². The number of fused-ring (bicyclic) bond motifs is 1. The van der Waals surface area contributed by atoms with Crippen molar-refractivity contribution in [3.63, 3.8) is 0 Å². The van der Waals surface area contributed by atoms with E-state index in [-0.39, 0.29) is 5.76 Å². The van der Waals surface area contributed by atoms with Crippen LogP contribution in [0.15, 0.2) is 58.2 Å². The quantitative estimate of drug-likeness (QED) is 0.644. The van der Waals surface area contributed by atoms with E-state index < -0.39 is 17.6 Å². The van der Waals surface area contributed by atoms with Crippen molar-refractivity contribution < 1.29 is 18.4 Å². The molecule has 0 unspecified atom stereocenters. The molecule has 1 aliphatic carbocycles. The van der Waals surface area contributed by atoms with Crippen molar-refractivity contribution in [3.05, 3.63) is 82.7 Å². The maximum Gasteiger partial charge on any atom is 0.292 e. The zero-order valence-electron chi connectivity index (χ0n) is 16.2. The molecule has 0 radical (unpaired) electrons. The van der Waals surface area contributed by atoms with Crippen LogP contribution in [0.2, 0.25) is 0 Å². The van der Waals surface area contributed by atoms with Gasteiger partial charge in [0.15, 0.2) is 5.76 Å². The first-order valence-electron chi connectivity index (χ1n) is 9.50. The van der Waals surface area contributed by atoms with Gasteiger partial charge in [0, 0.05) is 29.3 Å². The number of pyridine rings is 1. The minimum atomic E-state index is -0.441. The lowest BCUT2D eigenvalue weighted by Gasteiger charge is -2.13. The number of carbonyl (C=O) groups is 2. The van der Waals surface area contributed by atoms with Crippen LogP contribution in [0, 0.1) is 12.7 Å². The van der Waals surface area contributed by atoms with Gasteiger partial charge in [0.2, 0.25) is 0 Å². The molecule has 8 heteroatoms. The standard InChI is InChI=1S/C22H19FN4O3/c1-13-19-16(26-27-21(28)14-8-10-15(23)11-9-14)5-4-6-17(19)30-20(13)22(29)25-18-7-2-3-12-24-18/h2-3,7-12H,4-6H2,1H3,(H,27,28)(H,24,25,29)/b26-16+. The molecule has 0 bridgehead atoms. The predicted molar refractivity (Wildman–Crippen MR) is 109 cm³/mol. The summed E-state index contributed by atoms with van der Waals surface area (Å²) in [7, 11) is 0. The topological polar surface area (TPSA) is 96.6 Å². The van der Waals surface area contributed by atoms with E-state index in [9.17, 15) is 14.0 Å². The minimum absolute atomic E-state index is 0.199. The molecule has 0 saturated carbocycles. The summed E-state index contributed by atoms with van der Waals surface area (Å²) < 4.78 is 18.9. The zero-order chi connectivity index (χ0) is 21.1. The molecule has 1 aromatic carbocycles. The summed E-state index contributed by atoms with van der Waals surface area (Å²) in [6.45, 7) is 1.79. The van der Waals surface area contributed by atoms with Gasteiger partial charge in [0.1, 0.15) is 17.4 Å². The summed E-state index contributed by atoms with van der Waals surface area (Å²) >= 11 is 0. The SMILES string of the molecule is Cc1c(C(=O)Nc2ccccn2)oc2c1/C(=N/NC(=O)c1ccc(F)cc1)CCC2. The van der Waals surface area contributed by atoms with E-state index in [4.69, 9.17) is 4.42 Å². The number of carbonyl (C=O) groups excluding carboxylic acids is 2. The van der Waals surface area contributed by atoms with E-state index in [0.29, 0.717) is 41.3 Å². The fourth-order valence-electron chi connectivity index (χ4n) is 3.39. The molecule has 0 fully saturated rings. The monoisotopic (exact) mass is 406 g/mol. The molecule has 1 aliphatic rings. The third kappa shape index (κ3) is 3.98. The van der Waals surface area contributed by atoms with Crippen molar-refractivity contribution in [1.82, 2.24) is 10.4 Å². The van der Waals surface area contributed by atoms with Gasteiger partial charge < -0.3 is 9.73 Å². The number of hydrogen-bond donors (Lipinski definition) is 2. The highest BCUT2D eigenvalue weighted by Crippen LogP contribution is 2.30. The van der Waals surface area contributed by atoms with Gasteiger partial charge in [-0.3, -0.25) is 9.59 Å². The third-order valence-corrected chi connectivity index (χ3v) is 4.84. The summed E-state index contributed by atoms with van der Waals surface area (Å²) in [6.07, 6.45) is 3.69. The molecule has 2 amide bonds. The maximum absolute atomic E-state index is 13.0. The second-order valence-electron chi connectivity index (χ2n) is 6.88. The number of halogens is 1. The van der Waals surface area contributed by atoms with Crippen LogP contribution in [-0.2, 0) is 6.42 Å². The molecule has 3 aromatic rings. The number of rotatable bonds is 4. The molecule has 4 rings (SSSR count). The van der Waals surface area contributed by atoms with Gasteiger partial charge >= 0.3 is 0 Å². The average Bonchev–Trinajstić information content (AvgIpc) is 3.10. The number of nitrogens with zero attached hydrogens (tertiary/aromatic N) is 2.